The molecule has 2 fully saturated rings. The molecular formula is C46H68Cl2N8O5Si2. The number of carboxylic acids is 1. The van der Waals surface area contributed by atoms with Gasteiger partial charge in [0.2, 0.25) is 5.91 Å². The number of pyridine rings is 2. The van der Waals surface area contributed by atoms with E-state index in [9.17, 15) is 9.59 Å². The highest BCUT2D eigenvalue weighted by molar-refractivity contribution is 6.75. The van der Waals surface area contributed by atoms with Crippen LogP contribution in [-0.4, -0.2) is 119 Å². The fourth-order valence-corrected chi connectivity index (χ4v) is 8.36. The number of nitrogens with two attached hydrogens (primary N) is 1. The van der Waals surface area contributed by atoms with Crippen LogP contribution < -0.4 is 29.7 Å². The van der Waals surface area contributed by atoms with E-state index in [0.29, 0.717) is 18.2 Å². The van der Waals surface area contributed by atoms with Gasteiger partial charge in [-0.25, -0.2) is 9.97 Å². The number of carboxylic acid groups (broad SMARTS) is 1. The predicted molar refractivity (Wildman–Crippen MR) is 265 cm³/mol. The molecule has 0 unspecified atom stereocenters. The lowest BCUT2D eigenvalue weighted by atomic mass is 10.2. The maximum Gasteiger partial charge on any atom is 0.317 e. The number of nitrogens with zero attached hydrogens (tertiary/aromatic N) is 6. The summed E-state index contributed by atoms with van der Waals surface area (Å²) in [6.07, 6.45) is 3.39. The number of benzene rings is 2. The monoisotopic (exact) mass is 938 g/mol. The summed E-state index contributed by atoms with van der Waals surface area (Å²) in [4.78, 5) is 40.1. The van der Waals surface area contributed by atoms with Crippen molar-refractivity contribution in [1.82, 2.24) is 19.8 Å². The number of aromatic nitrogens is 2. The Morgan fingerprint density at radius 3 is 1.38 bits per heavy atom. The van der Waals surface area contributed by atoms with Gasteiger partial charge in [-0.1, -0.05) is 64.7 Å². The van der Waals surface area contributed by atoms with E-state index in [1.54, 1.807) is 24.5 Å². The van der Waals surface area contributed by atoms with Crippen LogP contribution in [0.25, 0.3) is 0 Å². The van der Waals surface area contributed by atoms with Crippen LogP contribution in [-0.2, 0) is 9.59 Å². The Hall–Kier alpha value is -4.39. The first kappa shape index (κ1) is 51.3. The van der Waals surface area contributed by atoms with Crippen LogP contribution in [0.4, 0.5) is 23.0 Å². The van der Waals surface area contributed by atoms with E-state index in [4.69, 9.17) is 42.9 Å². The predicted octanol–water partition coefficient (Wildman–Crippen LogP) is 9.47. The van der Waals surface area contributed by atoms with Crippen molar-refractivity contribution < 1.29 is 23.5 Å². The third kappa shape index (κ3) is 16.6. The largest absolute Gasteiger partial charge is 0.542 e. The van der Waals surface area contributed by atoms with Crippen molar-refractivity contribution in [2.24, 2.45) is 0 Å². The smallest absolute Gasteiger partial charge is 0.317 e. The SMILES string of the molecule is CC(C)(C)[Si](C)(C)Oc1ccc(N)nc1.CC(C)(C)[Si](C)(C)Oc1ccc(NC(=O)CN2CCN(c3ccc(Cl)cc3)CC2)nc1.O=C(O)CN1CCN(c2ccc(Cl)cc2)CC1. The summed E-state index contributed by atoms with van der Waals surface area (Å²) in [5.74, 6) is 1.83. The molecule has 2 aromatic heterocycles. The van der Waals surface area contributed by atoms with E-state index >= 15 is 0 Å². The average molecular weight is 940 g/mol. The molecule has 0 bridgehead atoms. The Labute approximate surface area is 387 Å². The molecule has 2 aliphatic heterocycles. The van der Waals surface area contributed by atoms with E-state index in [2.05, 4.69) is 97.7 Å². The van der Waals surface area contributed by atoms with Gasteiger partial charge in [-0.3, -0.25) is 19.4 Å². The van der Waals surface area contributed by atoms with Crippen molar-refractivity contribution in [3.63, 3.8) is 0 Å². The number of hydrogen-bond donors (Lipinski definition) is 3. The summed E-state index contributed by atoms with van der Waals surface area (Å²) >= 11 is 11.8. The number of nitrogen functional groups attached to an aromatic ring is 1. The summed E-state index contributed by atoms with van der Waals surface area (Å²) in [5, 5.41) is 13.4. The number of hydrogen-bond acceptors (Lipinski definition) is 11. The van der Waals surface area contributed by atoms with Crippen molar-refractivity contribution >= 4 is 74.7 Å². The second-order valence-corrected chi connectivity index (χ2v) is 29.3. The van der Waals surface area contributed by atoms with Gasteiger partial charge >= 0.3 is 5.97 Å². The summed E-state index contributed by atoms with van der Waals surface area (Å²) in [6.45, 7) is 29.3. The molecule has 344 valence electrons. The summed E-state index contributed by atoms with van der Waals surface area (Å²) < 4.78 is 12.3. The Morgan fingerprint density at radius 1 is 0.635 bits per heavy atom. The second kappa shape index (κ2) is 22.5. The van der Waals surface area contributed by atoms with Gasteiger partial charge < -0.3 is 34.8 Å². The normalized spacial score (nSPS) is 15.3. The highest BCUT2D eigenvalue weighted by Gasteiger charge is 2.40. The van der Waals surface area contributed by atoms with Gasteiger partial charge in [0.25, 0.3) is 16.6 Å². The quantitative estimate of drug-likeness (QED) is 0.123. The van der Waals surface area contributed by atoms with Crippen molar-refractivity contribution in [1.29, 1.82) is 0 Å². The van der Waals surface area contributed by atoms with Crippen LogP contribution in [0.1, 0.15) is 41.5 Å². The van der Waals surface area contributed by atoms with Crippen molar-refractivity contribution in [3.05, 3.63) is 95.2 Å². The van der Waals surface area contributed by atoms with E-state index in [0.717, 1.165) is 85.3 Å². The van der Waals surface area contributed by atoms with E-state index in [-0.39, 0.29) is 22.5 Å². The molecule has 4 heterocycles. The van der Waals surface area contributed by atoms with Crippen molar-refractivity contribution in [3.8, 4) is 11.5 Å². The molecule has 17 heteroatoms. The highest BCUT2D eigenvalue weighted by atomic mass is 35.5. The van der Waals surface area contributed by atoms with Gasteiger partial charge in [0.1, 0.15) is 23.1 Å². The zero-order valence-corrected chi connectivity index (χ0v) is 42.3. The molecule has 0 saturated carbocycles. The molecule has 2 aromatic carbocycles. The maximum atomic E-state index is 12.5. The lowest BCUT2D eigenvalue weighted by molar-refractivity contribution is -0.138. The minimum absolute atomic E-state index is 0.0505. The Bertz CT molecular complexity index is 2030. The Balaban J connectivity index is 0.000000229. The number of amides is 1. The number of carbonyl (C=O) groups is 2. The minimum atomic E-state index is -1.90. The molecule has 2 saturated heterocycles. The second-order valence-electron chi connectivity index (χ2n) is 18.9. The number of aliphatic carboxylic acids is 1. The lowest BCUT2D eigenvalue weighted by Gasteiger charge is -2.36. The number of halogens is 2. The number of nitrogens with one attached hydrogen (secondary N) is 1. The van der Waals surface area contributed by atoms with E-state index in [1.807, 2.05) is 65.6 Å². The number of anilines is 4. The van der Waals surface area contributed by atoms with E-state index < -0.39 is 22.6 Å². The molecule has 6 rings (SSSR count). The topological polar surface area (TPSA) is 150 Å². The van der Waals surface area contributed by atoms with Gasteiger partial charge in [0.05, 0.1) is 25.5 Å². The minimum Gasteiger partial charge on any atom is -0.542 e. The first-order chi connectivity index (χ1) is 29.4. The Morgan fingerprint density at radius 2 is 1.03 bits per heavy atom. The maximum absolute atomic E-state index is 12.5. The molecule has 0 radical (unpaired) electrons. The average Bonchev–Trinajstić information content (AvgIpc) is 3.20. The van der Waals surface area contributed by atoms with Crippen LogP contribution >= 0.6 is 23.2 Å². The zero-order valence-electron chi connectivity index (χ0n) is 38.8. The van der Waals surface area contributed by atoms with Gasteiger partial charge in [-0.2, -0.15) is 0 Å². The highest BCUT2D eigenvalue weighted by Crippen LogP contribution is 2.38. The first-order valence-electron chi connectivity index (χ1n) is 21.4. The summed E-state index contributed by atoms with van der Waals surface area (Å²) in [6, 6.07) is 23.0. The fraction of sp³-hybridized carbons (Fsp3) is 0.478. The van der Waals surface area contributed by atoms with Gasteiger partial charge in [0, 0.05) is 73.8 Å². The van der Waals surface area contributed by atoms with Gasteiger partial charge in [-0.05, 0) is 109 Å². The molecule has 0 atom stereocenters. The van der Waals surface area contributed by atoms with E-state index in [1.165, 1.54) is 0 Å². The molecule has 1 amide bonds. The molecule has 13 nitrogen and oxygen atoms in total. The number of rotatable bonds is 11. The van der Waals surface area contributed by atoms with Crippen LogP contribution in [0.3, 0.4) is 0 Å². The first-order valence-corrected chi connectivity index (χ1v) is 28.0. The summed E-state index contributed by atoms with van der Waals surface area (Å²) in [5.41, 5.74) is 7.83. The molecule has 63 heavy (non-hydrogen) atoms. The van der Waals surface area contributed by atoms with Crippen LogP contribution in [0.15, 0.2) is 85.2 Å². The molecule has 4 aromatic rings. The van der Waals surface area contributed by atoms with Crippen molar-refractivity contribution in [2.45, 2.75) is 77.8 Å². The molecular weight excluding hydrogens is 872 g/mol. The van der Waals surface area contributed by atoms with Gasteiger partial charge in [-0.15, -0.1) is 0 Å². The lowest BCUT2D eigenvalue weighted by Crippen LogP contribution is -2.48. The van der Waals surface area contributed by atoms with Crippen LogP contribution in [0, 0.1) is 0 Å². The van der Waals surface area contributed by atoms with Crippen molar-refractivity contribution in [2.75, 3.05) is 86.3 Å². The third-order valence-electron chi connectivity index (χ3n) is 12.0. The Kier molecular flexibility index (Phi) is 18.3. The van der Waals surface area contributed by atoms with Gasteiger partial charge in [0.15, 0.2) is 0 Å². The summed E-state index contributed by atoms with van der Waals surface area (Å²) in [7, 11) is -3.65. The standard InChI is InChI=1S/C23H33ClN4O2Si.C12H15ClN2O2.C11H20N2OSi/c1-23(2,3)31(4,5)30-20-10-11-21(25-16-20)26-22(29)17-27-12-14-28(15-13-27)19-8-6-18(24)7-9-19;13-10-1-3-11(4-2-10)15-7-5-14(6-8-15)9-12(16)17;1-11(2,3)15(4,5)14-9-6-7-10(12)13-8-9/h6-11,16H,12-15,17H2,1-5H3,(H,25,26,29);1-4H,5-9H2,(H,16,17);6-8H,1-5H3,(H2,12,13). The molecule has 0 spiro atoms. The number of carbonyl (C=O) groups excluding carboxylic acids is 1. The van der Waals surface area contributed by atoms with Crippen LogP contribution in [0.2, 0.25) is 46.3 Å². The molecule has 2 aliphatic rings. The number of piperazine rings is 2. The fourth-order valence-electron chi connectivity index (χ4n) is 6.07. The molecule has 4 N–H and O–H groups in total. The van der Waals surface area contributed by atoms with Crippen LogP contribution in [0.5, 0.6) is 11.5 Å². The zero-order chi connectivity index (χ0) is 46.6. The third-order valence-corrected chi connectivity index (χ3v) is 21.2. The molecule has 0 aliphatic carbocycles.